The molecule has 1 amide bonds. The van der Waals surface area contributed by atoms with Crippen LogP contribution >= 0.6 is 11.6 Å². The summed E-state index contributed by atoms with van der Waals surface area (Å²) in [4.78, 5) is 14.3. The van der Waals surface area contributed by atoms with Crippen molar-refractivity contribution in [1.29, 1.82) is 0 Å². The van der Waals surface area contributed by atoms with Gasteiger partial charge in [-0.3, -0.25) is 4.79 Å². The minimum Gasteiger partial charge on any atom is -0.497 e. The molecule has 2 aromatic rings. The Morgan fingerprint density at radius 3 is 2.48 bits per heavy atom. The van der Waals surface area contributed by atoms with Crippen LogP contribution in [0, 0.1) is 0 Å². The third-order valence-electron chi connectivity index (χ3n) is 4.17. The molecule has 0 atom stereocenters. The molecule has 0 unspecified atom stereocenters. The Labute approximate surface area is 152 Å². The molecule has 6 heteroatoms. The minimum absolute atomic E-state index is 0.0453. The van der Waals surface area contributed by atoms with Crippen LogP contribution in [0.25, 0.3) is 0 Å². The molecule has 3 rings (SSSR count). The molecule has 0 aromatic heterocycles. The maximum Gasteiger partial charge on any atom is 0.257 e. The zero-order valence-electron chi connectivity index (χ0n) is 14.2. The molecule has 1 aliphatic heterocycles. The van der Waals surface area contributed by atoms with E-state index < -0.39 is 0 Å². The van der Waals surface area contributed by atoms with Gasteiger partial charge in [0.05, 0.1) is 32.5 Å². The molecular weight excluding hydrogens is 342 g/mol. The fourth-order valence-corrected chi connectivity index (χ4v) is 2.78. The van der Waals surface area contributed by atoms with E-state index in [2.05, 4.69) is 0 Å². The van der Waals surface area contributed by atoms with Crippen molar-refractivity contribution >= 4 is 17.5 Å². The molecule has 1 saturated heterocycles. The van der Waals surface area contributed by atoms with Gasteiger partial charge in [0.25, 0.3) is 5.91 Å². The lowest BCUT2D eigenvalue weighted by atomic mass is 10.1. The molecular formula is C19H20ClNO4. The minimum atomic E-state index is -0.0640. The van der Waals surface area contributed by atoms with Crippen molar-refractivity contribution in [3.05, 3.63) is 58.6 Å². The van der Waals surface area contributed by atoms with E-state index in [4.69, 9.17) is 25.8 Å². The number of hydrogen-bond donors (Lipinski definition) is 0. The van der Waals surface area contributed by atoms with Gasteiger partial charge in [-0.05, 0) is 29.8 Å². The summed E-state index contributed by atoms with van der Waals surface area (Å²) in [5.41, 5.74) is 1.59. The normalized spacial score (nSPS) is 14.1. The summed E-state index contributed by atoms with van der Waals surface area (Å²) < 4.78 is 16.3. The van der Waals surface area contributed by atoms with Gasteiger partial charge in [0, 0.05) is 24.2 Å². The predicted molar refractivity (Wildman–Crippen MR) is 95.5 cm³/mol. The molecule has 0 bridgehead atoms. The number of nitrogens with zero attached hydrogens (tertiary/aromatic N) is 1. The summed E-state index contributed by atoms with van der Waals surface area (Å²) in [6.07, 6.45) is 0.0453. The Morgan fingerprint density at radius 1 is 1.12 bits per heavy atom. The van der Waals surface area contributed by atoms with Crippen molar-refractivity contribution in [1.82, 2.24) is 4.90 Å². The second-order valence-electron chi connectivity index (χ2n) is 5.84. The second-order valence-corrected chi connectivity index (χ2v) is 6.27. The molecule has 0 spiro atoms. The van der Waals surface area contributed by atoms with E-state index in [-0.39, 0.29) is 12.0 Å². The van der Waals surface area contributed by atoms with Crippen LogP contribution in [0.1, 0.15) is 15.9 Å². The van der Waals surface area contributed by atoms with E-state index in [1.165, 1.54) is 0 Å². The summed E-state index contributed by atoms with van der Waals surface area (Å²) in [5, 5.41) is 0.706. The summed E-state index contributed by atoms with van der Waals surface area (Å²) >= 11 is 5.87. The zero-order valence-corrected chi connectivity index (χ0v) is 15.0. The first-order valence-corrected chi connectivity index (χ1v) is 8.36. The molecule has 0 saturated carbocycles. The quantitative estimate of drug-likeness (QED) is 0.791. The third kappa shape index (κ3) is 4.06. The summed E-state index contributed by atoms with van der Waals surface area (Å²) in [6.45, 7) is 1.65. The molecule has 132 valence electrons. The molecule has 0 N–H and O–H groups in total. The number of halogens is 1. The number of carbonyl (C=O) groups excluding carboxylic acids is 1. The standard InChI is InChI=1S/C19H20ClNO4/c1-23-15-7-8-17(18(9-15)24-2)19(22)21-10-16(11-21)25-12-13-3-5-14(20)6-4-13/h3-9,16H,10-12H2,1-2H3. The molecule has 1 aliphatic rings. The van der Waals surface area contributed by atoms with Crippen molar-refractivity contribution in [2.45, 2.75) is 12.7 Å². The SMILES string of the molecule is COc1ccc(C(=O)N2CC(OCc3ccc(Cl)cc3)C2)c(OC)c1. The van der Waals surface area contributed by atoms with Gasteiger partial charge < -0.3 is 19.1 Å². The summed E-state index contributed by atoms with van der Waals surface area (Å²) in [7, 11) is 3.12. The first kappa shape index (κ1) is 17.6. The van der Waals surface area contributed by atoms with E-state index >= 15 is 0 Å². The summed E-state index contributed by atoms with van der Waals surface area (Å²) in [6, 6.07) is 12.7. The number of likely N-dealkylation sites (tertiary alicyclic amines) is 1. The molecule has 5 nitrogen and oxygen atoms in total. The van der Waals surface area contributed by atoms with E-state index in [0.29, 0.717) is 41.8 Å². The van der Waals surface area contributed by atoms with Crippen molar-refractivity contribution in [2.75, 3.05) is 27.3 Å². The van der Waals surface area contributed by atoms with Crippen LogP contribution in [0.4, 0.5) is 0 Å². The van der Waals surface area contributed by atoms with Crippen molar-refractivity contribution in [3.63, 3.8) is 0 Å². The van der Waals surface area contributed by atoms with Crippen LogP contribution in [0.15, 0.2) is 42.5 Å². The Hall–Kier alpha value is -2.24. The second kappa shape index (κ2) is 7.76. The van der Waals surface area contributed by atoms with Crippen LogP contribution in [0.2, 0.25) is 5.02 Å². The first-order chi connectivity index (χ1) is 12.1. The molecule has 2 aromatic carbocycles. The lowest BCUT2D eigenvalue weighted by Gasteiger charge is -2.39. The summed E-state index contributed by atoms with van der Waals surface area (Å²) in [5.74, 6) is 1.10. The highest BCUT2D eigenvalue weighted by Gasteiger charge is 2.33. The Balaban J connectivity index is 1.53. The fourth-order valence-electron chi connectivity index (χ4n) is 2.65. The number of amides is 1. The fraction of sp³-hybridized carbons (Fsp3) is 0.316. The van der Waals surface area contributed by atoms with Gasteiger partial charge in [0.2, 0.25) is 0 Å². The maximum atomic E-state index is 12.6. The zero-order chi connectivity index (χ0) is 17.8. The van der Waals surface area contributed by atoms with Gasteiger partial charge >= 0.3 is 0 Å². The number of rotatable bonds is 6. The predicted octanol–water partition coefficient (Wildman–Crippen LogP) is 3.40. The van der Waals surface area contributed by atoms with Gasteiger partial charge in [-0.2, -0.15) is 0 Å². The van der Waals surface area contributed by atoms with E-state index in [9.17, 15) is 4.79 Å². The Bertz CT molecular complexity index is 742. The topological polar surface area (TPSA) is 48.0 Å². The van der Waals surface area contributed by atoms with Gasteiger partial charge in [0.15, 0.2) is 0 Å². The van der Waals surface area contributed by atoms with Gasteiger partial charge in [0.1, 0.15) is 11.5 Å². The van der Waals surface area contributed by atoms with E-state index in [1.807, 2.05) is 24.3 Å². The smallest absolute Gasteiger partial charge is 0.257 e. The van der Waals surface area contributed by atoms with Crippen molar-refractivity contribution < 1.29 is 19.0 Å². The van der Waals surface area contributed by atoms with Crippen LogP contribution in [-0.4, -0.2) is 44.2 Å². The van der Waals surface area contributed by atoms with E-state index in [0.717, 1.165) is 5.56 Å². The number of methoxy groups -OCH3 is 2. The van der Waals surface area contributed by atoms with Crippen molar-refractivity contribution in [3.8, 4) is 11.5 Å². The maximum absolute atomic E-state index is 12.6. The highest BCUT2D eigenvalue weighted by Crippen LogP contribution is 2.27. The van der Waals surface area contributed by atoms with Gasteiger partial charge in [-0.1, -0.05) is 23.7 Å². The number of hydrogen-bond acceptors (Lipinski definition) is 4. The van der Waals surface area contributed by atoms with Crippen molar-refractivity contribution in [2.24, 2.45) is 0 Å². The number of ether oxygens (including phenoxy) is 3. The molecule has 1 fully saturated rings. The lowest BCUT2D eigenvalue weighted by molar-refractivity contribution is -0.0503. The third-order valence-corrected chi connectivity index (χ3v) is 4.43. The molecule has 0 radical (unpaired) electrons. The molecule has 0 aliphatic carbocycles. The molecule has 25 heavy (non-hydrogen) atoms. The van der Waals surface area contributed by atoms with Crippen LogP contribution in [-0.2, 0) is 11.3 Å². The first-order valence-electron chi connectivity index (χ1n) is 7.98. The van der Waals surface area contributed by atoms with E-state index in [1.54, 1.807) is 37.3 Å². The monoisotopic (exact) mass is 361 g/mol. The van der Waals surface area contributed by atoms with Crippen LogP contribution in [0.3, 0.4) is 0 Å². The average Bonchev–Trinajstić information content (AvgIpc) is 2.61. The Kier molecular flexibility index (Phi) is 5.46. The highest BCUT2D eigenvalue weighted by molar-refractivity contribution is 6.30. The number of benzene rings is 2. The van der Waals surface area contributed by atoms with Gasteiger partial charge in [-0.15, -0.1) is 0 Å². The largest absolute Gasteiger partial charge is 0.497 e. The average molecular weight is 362 g/mol. The van der Waals surface area contributed by atoms with Crippen LogP contribution in [0.5, 0.6) is 11.5 Å². The highest BCUT2D eigenvalue weighted by atomic mass is 35.5. The van der Waals surface area contributed by atoms with Crippen LogP contribution < -0.4 is 9.47 Å². The van der Waals surface area contributed by atoms with Gasteiger partial charge in [-0.25, -0.2) is 0 Å². The molecule has 1 heterocycles. The Morgan fingerprint density at radius 2 is 1.84 bits per heavy atom. The number of carbonyl (C=O) groups is 1. The lowest BCUT2D eigenvalue weighted by Crippen LogP contribution is -2.54.